The van der Waals surface area contributed by atoms with E-state index in [1.165, 1.54) is 0 Å². The minimum absolute atomic E-state index is 0.139. The summed E-state index contributed by atoms with van der Waals surface area (Å²) in [6.07, 6.45) is 0.278. The summed E-state index contributed by atoms with van der Waals surface area (Å²) in [4.78, 5) is 25.3. The third-order valence-electron chi connectivity index (χ3n) is 6.97. The lowest BCUT2D eigenvalue weighted by atomic mass is 9.79. The summed E-state index contributed by atoms with van der Waals surface area (Å²) in [5.74, 6) is 0.129. The van der Waals surface area contributed by atoms with Gasteiger partial charge in [0.25, 0.3) is 0 Å². The monoisotopic (exact) mass is 568 g/mol. The summed E-state index contributed by atoms with van der Waals surface area (Å²) >= 11 is 0. The number of benzene rings is 2. The zero-order chi connectivity index (χ0) is 31.6. The number of hydrogen-bond acceptors (Lipinski definition) is 5. The van der Waals surface area contributed by atoms with Crippen LogP contribution in [0.15, 0.2) is 24.3 Å². The fourth-order valence-corrected chi connectivity index (χ4v) is 4.58. The molecule has 2 rings (SSSR count). The van der Waals surface area contributed by atoms with Crippen molar-refractivity contribution in [3.63, 3.8) is 0 Å². The number of ether oxygens (including phenoxy) is 1. The van der Waals surface area contributed by atoms with Gasteiger partial charge in [-0.1, -0.05) is 83.1 Å². The van der Waals surface area contributed by atoms with Gasteiger partial charge in [0.1, 0.15) is 11.5 Å². The Balaban J connectivity index is 1.96. The summed E-state index contributed by atoms with van der Waals surface area (Å²) in [5.41, 5.74) is 3.21. The van der Waals surface area contributed by atoms with E-state index in [4.69, 9.17) is 4.74 Å². The molecule has 0 bridgehead atoms. The van der Waals surface area contributed by atoms with Crippen LogP contribution in [0.25, 0.3) is 0 Å². The van der Waals surface area contributed by atoms with Crippen LogP contribution in [0.5, 0.6) is 11.5 Å². The fraction of sp³-hybridized carbons (Fsp3) is 0.588. The average molecular weight is 569 g/mol. The Kier molecular flexibility index (Phi) is 10.4. The summed E-state index contributed by atoms with van der Waals surface area (Å²) in [6, 6.07) is 7.31. The van der Waals surface area contributed by atoms with Crippen LogP contribution in [0.1, 0.15) is 118 Å². The lowest BCUT2D eigenvalue weighted by Crippen LogP contribution is -2.21. The van der Waals surface area contributed by atoms with Crippen molar-refractivity contribution in [2.24, 2.45) is 0 Å². The zero-order valence-corrected chi connectivity index (χ0v) is 27.3. The normalized spacial score (nSPS) is 12.8. The number of carbonyl (C=O) groups excluding carboxylic acids is 2. The van der Waals surface area contributed by atoms with Crippen LogP contribution in [0.4, 0.5) is 11.4 Å². The molecule has 2 amide bonds. The standard InChI is InChI=1S/C34H52N2O5/c1-31(2,3)23-17-21(18-24(29(23)39)32(4,5)6)35-27(37)13-15-41-16-14-28(38)36-22-19-25(33(7,8)9)30(40)26(20-22)34(10,11)12/h17-20,39-40H,13-16H2,1-12H3,(H,35,37)(H,36,38). The van der Waals surface area contributed by atoms with E-state index in [1.807, 2.05) is 107 Å². The first-order valence-corrected chi connectivity index (χ1v) is 14.4. The van der Waals surface area contributed by atoms with Gasteiger partial charge in [-0.05, 0) is 45.9 Å². The highest BCUT2D eigenvalue weighted by Gasteiger charge is 2.28. The van der Waals surface area contributed by atoms with E-state index in [1.54, 1.807) is 0 Å². The number of rotatable bonds is 8. The van der Waals surface area contributed by atoms with Crippen molar-refractivity contribution in [2.45, 2.75) is 118 Å². The van der Waals surface area contributed by atoms with Crippen LogP contribution >= 0.6 is 0 Å². The van der Waals surface area contributed by atoms with E-state index in [2.05, 4.69) is 10.6 Å². The molecule has 0 saturated carbocycles. The smallest absolute Gasteiger partial charge is 0.226 e. The maximum atomic E-state index is 12.7. The maximum absolute atomic E-state index is 12.7. The molecule has 2 aromatic rings. The second kappa shape index (κ2) is 12.4. The first kappa shape index (κ1) is 34.1. The topological polar surface area (TPSA) is 108 Å². The summed E-state index contributed by atoms with van der Waals surface area (Å²) in [7, 11) is 0. The molecule has 0 radical (unpaired) electrons. The van der Waals surface area contributed by atoms with Gasteiger partial charge in [0, 0.05) is 33.6 Å². The quantitative estimate of drug-likeness (QED) is 0.193. The molecule has 0 heterocycles. The van der Waals surface area contributed by atoms with E-state index in [0.717, 1.165) is 22.3 Å². The molecule has 0 spiro atoms. The summed E-state index contributed by atoms with van der Waals surface area (Å²) in [5, 5.41) is 27.7. The number of amides is 2. The van der Waals surface area contributed by atoms with Crippen LogP contribution < -0.4 is 10.6 Å². The Hall–Kier alpha value is -3.06. The van der Waals surface area contributed by atoms with Gasteiger partial charge in [-0.25, -0.2) is 0 Å². The number of carbonyl (C=O) groups is 2. The van der Waals surface area contributed by atoms with Gasteiger partial charge in [0.15, 0.2) is 0 Å². The van der Waals surface area contributed by atoms with Crippen LogP contribution in [0.2, 0.25) is 0 Å². The van der Waals surface area contributed by atoms with Gasteiger partial charge in [-0.2, -0.15) is 0 Å². The highest BCUT2D eigenvalue weighted by molar-refractivity contribution is 5.92. The second-order valence-corrected chi connectivity index (χ2v) is 15.0. The number of phenols is 2. The van der Waals surface area contributed by atoms with Crippen molar-refractivity contribution in [2.75, 3.05) is 23.8 Å². The van der Waals surface area contributed by atoms with Gasteiger partial charge < -0.3 is 25.6 Å². The van der Waals surface area contributed by atoms with Crippen molar-refractivity contribution < 1.29 is 24.5 Å². The van der Waals surface area contributed by atoms with E-state index in [-0.39, 0.29) is 71.0 Å². The molecule has 0 atom stereocenters. The Labute approximate surface area is 247 Å². The molecule has 2 aromatic carbocycles. The number of phenolic OH excluding ortho intramolecular Hbond substituents is 2. The van der Waals surface area contributed by atoms with E-state index >= 15 is 0 Å². The minimum Gasteiger partial charge on any atom is -0.507 e. The molecule has 0 aliphatic rings. The minimum atomic E-state index is -0.294. The van der Waals surface area contributed by atoms with Gasteiger partial charge in [0.2, 0.25) is 11.8 Å². The Bertz CT molecular complexity index is 1080. The Morgan fingerprint density at radius 1 is 0.561 bits per heavy atom. The second-order valence-electron chi connectivity index (χ2n) is 15.0. The first-order valence-electron chi connectivity index (χ1n) is 14.4. The van der Waals surface area contributed by atoms with Gasteiger partial charge in [-0.3, -0.25) is 9.59 Å². The van der Waals surface area contributed by atoms with Crippen molar-refractivity contribution in [1.82, 2.24) is 0 Å². The zero-order valence-electron chi connectivity index (χ0n) is 27.3. The molecular weight excluding hydrogens is 516 g/mol. The molecule has 4 N–H and O–H groups in total. The number of hydrogen-bond donors (Lipinski definition) is 4. The molecule has 0 unspecified atom stereocenters. The number of nitrogens with one attached hydrogen (secondary N) is 2. The van der Waals surface area contributed by atoms with Gasteiger partial charge in [0.05, 0.1) is 26.1 Å². The Morgan fingerprint density at radius 2 is 0.805 bits per heavy atom. The van der Waals surface area contributed by atoms with Crippen LogP contribution in [0, 0.1) is 0 Å². The van der Waals surface area contributed by atoms with Crippen LogP contribution in [-0.4, -0.2) is 35.2 Å². The number of aromatic hydroxyl groups is 2. The third kappa shape index (κ3) is 9.49. The summed E-state index contributed by atoms with van der Waals surface area (Å²) < 4.78 is 5.60. The molecule has 0 fully saturated rings. The highest BCUT2D eigenvalue weighted by atomic mass is 16.5. The van der Waals surface area contributed by atoms with Crippen molar-refractivity contribution in [3.8, 4) is 11.5 Å². The van der Waals surface area contributed by atoms with Gasteiger partial charge >= 0.3 is 0 Å². The van der Waals surface area contributed by atoms with Crippen LogP contribution in [-0.2, 0) is 36.0 Å². The molecule has 0 aromatic heterocycles. The Morgan fingerprint density at radius 3 is 1.02 bits per heavy atom. The predicted octanol–water partition coefficient (Wildman–Crippen LogP) is 7.66. The molecule has 7 heteroatoms. The van der Waals surface area contributed by atoms with Crippen molar-refractivity contribution >= 4 is 23.2 Å². The van der Waals surface area contributed by atoms with E-state index in [0.29, 0.717) is 11.4 Å². The summed E-state index contributed by atoms with van der Waals surface area (Å²) in [6.45, 7) is 24.7. The average Bonchev–Trinajstić information content (AvgIpc) is 2.77. The third-order valence-corrected chi connectivity index (χ3v) is 6.97. The first-order chi connectivity index (χ1) is 18.5. The molecule has 0 aliphatic heterocycles. The van der Waals surface area contributed by atoms with E-state index in [9.17, 15) is 19.8 Å². The SMILES string of the molecule is CC(C)(C)c1cc(NC(=O)CCOCCC(=O)Nc2cc(C(C)(C)C)c(O)c(C(C)(C)C)c2)cc(C(C)(C)C)c1O. The molecular formula is C34H52N2O5. The molecule has 0 aliphatic carbocycles. The highest BCUT2D eigenvalue weighted by Crippen LogP contribution is 2.42. The lowest BCUT2D eigenvalue weighted by Gasteiger charge is -2.28. The molecule has 228 valence electrons. The van der Waals surface area contributed by atoms with Crippen molar-refractivity contribution in [3.05, 3.63) is 46.5 Å². The number of anilines is 2. The fourth-order valence-electron chi connectivity index (χ4n) is 4.58. The predicted molar refractivity (Wildman–Crippen MR) is 168 cm³/mol. The van der Waals surface area contributed by atoms with Crippen LogP contribution in [0.3, 0.4) is 0 Å². The molecule has 7 nitrogen and oxygen atoms in total. The van der Waals surface area contributed by atoms with Crippen molar-refractivity contribution in [1.29, 1.82) is 0 Å². The van der Waals surface area contributed by atoms with E-state index < -0.39 is 0 Å². The maximum Gasteiger partial charge on any atom is 0.226 e. The lowest BCUT2D eigenvalue weighted by molar-refractivity contribution is -0.117. The van der Waals surface area contributed by atoms with Gasteiger partial charge in [-0.15, -0.1) is 0 Å². The molecule has 0 saturated heterocycles. The molecule has 41 heavy (non-hydrogen) atoms. The largest absolute Gasteiger partial charge is 0.507 e.